The fraction of sp³-hybridized carbons (Fsp3) is 0.261. The lowest BCUT2D eigenvalue weighted by molar-refractivity contribution is -0.142. The zero-order chi connectivity index (χ0) is 21.1. The predicted octanol–water partition coefficient (Wildman–Crippen LogP) is 2.81. The molecule has 2 aromatic carbocycles. The number of para-hydroxylation sites is 1. The van der Waals surface area contributed by atoms with Crippen molar-refractivity contribution in [2.75, 3.05) is 18.6 Å². The molecule has 2 N–H and O–H groups in total. The summed E-state index contributed by atoms with van der Waals surface area (Å²) in [7, 11) is 1.30. The SMILES string of the molecule is COC(=O)[C@@H](Cc1c[nH]c2ccccc12)NC(=O)c1ccc(N2CCCC2=O)cc1. The van der Waals surface area contributed by atoms with Crippen molar-refractivity contribution in [2.24, 2.45) is 0 Å². The van der Waals surface area contributed by atoms with E-state index in [0.29, 0.717) is 24.9 Å². The highest BCUT2D eigenvalue weighted by Crippen LogP contribution is 2.22. The summed E-state index contributed by atoms with van der Waals surface area (Å²) >= 11 is 0. The normalized spacial score (nSPS) is 14.7. The van der Waals surface area contributed by atoms with Gasteiger partial charge in [-0.3, -0.25) is 9.59 Å². The summed E-state index contributed by atoms with van der Waals surface area (Å²) in [5, 5.41) is 3.78. The van der Waals surface area contributed by atoms with Gasteiger partial charge in [-0.2, -0.15) is 0 Å². The summed E-state index contributed by atoms with van der Waals surface area (Å²) in [5.74, 6) is -0.783. The van der Waals surface area contributed by atoms with Crippen LogP contribution in [0.2, 0.25) is 0 Å². The number of hydrogen-bond acceptors (Lipinski definition) is 4. The number of H-pyrrole nitrogens is 1. The van der Waals surface area contributed by atoms with Crippen molar-refractivity contribution in [1.29, 1.82) is 0 Å². The lowest BCUT2D eigenvalue weighted by Gasteiger charge is -2.18. The summed E-state index contributed by atoms with van der Waals surface area (Å²) in [6, 6.07) is 13.8. The van der Waals surface area contributed by atoms with Gasteiger partial charge < -0.3 is 19.9 Å². The molecule has 1 fully saturated rings. The highest BCUT2D eigenvalue weighted by Gasteiger charge is 2.25. The number of nitrogens with zero attached hydrogens (tertiary/aromatic N) is 1. The number of anilines is 1. The van der Waals surface area contributed by atoms with Gasteiger partial charge in [0.1, 0.15) is 6.04 Å². The highest BCUT2D eigenvalue weighted by molar-refractivity contribution is 5.99. The number of amides is 2. The van der Waals surface area contributed by atoms with Crippen LogP contribution in [-0.4, -0.2) is 42.5 Å². The second kappa shape index (κ2) is 8.41. The molecule has 0 bridgehead atoms. The number of carbonyl (C=O) groups excluding carboxylic acids is 3. The van der Waals surface area contributed by atoms with E-state index < -0.39 is 12.0 Å². The van der Waals surface area contributed by atoms with Crippen LogP contribution < -0.4 is 10.2 Å². The number of esters is 1. The summed E-state index contributed by atoms with van der Waals surface area (Å²) in [4.78, 5) is 41.8. The largest absolute Gasteiger partial charge is 0.467 e. The van der Waals surface area contributed by atoms with Crippen molar-refractivity contribution in [3.05, 3.63) is 65.9 Å². The maximum atomic E-state index is 12.8. The minimum atomic E-state index is -0.818. The fourth-order valence-electron chi connectivity index (χ4n) is 3.81. The molecule has 7 heteroatoms. The second-order valence-corrected chi connectivity index (χ2v) is 7.31. The van der Waals surface area contributed by atoms with E-state index in [2.05, 4.69) is 10.3 Å². The number of aromatic nitrogens is 1. The minimum absolute atomic E-state index is 0.0942. The number of rotatable bonds is 6. The fourth-order valence-corrected chi connectivity index (χ4v) is 3.81. The van der Waals surface area contributed by atoms with E-state index in [1.807, 2.05) is 30.5 Å². The Kier molecular flexibility index (Phi) is 5.52. The van der Waals surface area contributed by atoms with E-state index in [0.717, 1.165) is 28.6 Å². The Morgan fingerprint density at radius 2 is 1.93 bits per heavy atom. The highest BCUT2D eigenvalue weighted by atomic mass is 16.5. The Labute approximate surface area is 174 Å². The van der Waals surface area contributed by atoms with Gasteiger partial charge >= 0.3 is 5.97 Å². The lowest BCUT2D eigenvalue weighted by atomic mass is 10.0. The molecule has 4 rings (SSSR count). The Bertz CT molecular complexity index is 1090. The van der Waals surface area contributed by atoms with Gasteiger partial charge in [0.25, 0.3) is 5.91 Å². The summed E-state index contributed by atoms with van der Waals surface area (Å²) in [5.41, 5.74) is 3.08. The molecular weight excluding hydrogens is 382 g/mol. The van der Waals surface area contributed by atoms with E-state index in [1.54, 1.807) is 29.2 Å². The third-order valence-corrected chi connectivity index (χ3v) is 5.40. The predicted molar refractivity (Wildman–Crippen MR) is 113 cm³/mol. The molecule has 1 aliphatic rings. The Balaban J connectivity index is 1.49. The van der Waals surface area contributed by atoms with Crippen molar-refractivity contribution in [3.8, 4) is 0 Å². The number of nitrogens with one attached hydrogen (secondary N) is 2. The number of methoxy groups -OCH3 is 1. The van der Waals surface area contributed by atoms with E-state index >= 15 is 0 Å². The Morgan fingerprint density at radius 3 is 2.63 bits per heavy atom. The van der Waals surface area contributed by atoms with Crippen LogP contribution in [0, 0.1) is 0 Å². The first-order valence-electron chi connectivity index (χ1n) is 9.91. The maximum Gasteiger partial charge on any atom is 0.328 e. The molecule has 1 saturated heterocycles. The Morgan fingerprint density at radius 1 is 1.17 bits per heavy atom. The molecule has 2 heterocycles. The van der Waals surface area contributed by atoms with Gasteiger partial charge in [0.15, 0.2) is 0 Å². The molecule has 0 radical (unpaired) electrons. The third-order valence-electron chi connectivity index (χ3n) is 5.40. The molecule has 3 aromatic rings. The average Bonchev–Trinajstić information content (AvgIpc) is 3.39. The molecule has 0 unspecified atom stereocenters. The van der Waals surface area contributed by atoms with E-state index in [4.69, 9.17) is 4.74 Å². The first-order chi connectivity index (χ1) is 14.6. The van der Waals surface area contributed by atoms with Crippen molar-refractivity contribution < 1.29 is 19.1 Å². The molecule has 30 heavy (non-hydrogen) atoms. The molecule has 2 amide bonds. The van der Waals surface area contributed by atoms with E-state index in [9.17, 15) is 14.4 Å². The van der Waals surface area contributed by atoms with Crippen LogP contribution in [0.15, 0.2) is 54.7 Å². The van der Waals surface area contributed by atoms with Gasteiger partial charge in [-0.05, 0) is 42.3 Å². The molecule has 154 valence electrons. The van der Waals surface area contributed by atoms with Crippen LogP contribution in [0.1, 0.15) is 28.8 Å². The van der Waals surface area contributed by atoms with Gasteiger partial charge in [-0.15, -0.1) is 0 Å². The lowest BCUT2D eigenvalue weighted by Crippen LogP contribution is -2.43. The van der Waals surface area contributed by atoms with Gasteiger partial charge in [-0.25, -0.2) is 4.79 Å². The molecule has 0 saturated carbocycles. The standard InChI is InChI=1S/C23H23N3O4/c1-30-23(29)20(13-16-14-24-19-6-3-2-5-18(16)19)25-22(28)15-8-10-17(11-9-15)26-12-4-7-21(26)27/h2-3,5-6,8-11,14,20,24H,4,7,12-13H2,1H3,(H,25,28)/t20-/m1/s1. The van der Waals surface area contributed by atoms with Crippen LogP contribution in [0.4, 0.5) is 5.69 Å². The molecule has 0 aliphatic carbocycles. The van der Waals surface area contributed by atoms with Crippen LogP contribution in [-0.2, 0) is 20.7 Å². The number of carbonyl (C=O) groups is 3. The minimum Gasteiger partial charge on any atom is -0.467 e. The molecule has 1 aromatic heterocycles. The first-order valence-corrected chi connectivity index (χ1v) is 9.91. The van der Waals surface area contributed by atoms with Crippen LogP contribution in [0.3, 0.4) is 0 Å². The van der Waals surface area contributed by atoms with Gasteiger partial charge in [-0.1, -0.05) is 18.2 Å². The van der Waals surface area contributed by atoms with E-state index in [-0.39, 0.29) is 11.8 Å². The molecular formula is C23H23N3O4. The topological polar surface area (TPSA) is 91.5 Å². The third kappa shape index (κ3) is 3.91. The molecule has 1 atom stereocenters. The average molecular weight is 405 g/mol. The van der Waals surface area contributed by atoms with E-state index in [1.165, 1.54) is 7.11 Å². The quantitative estimate of drug-likeness (QED) is 0.617. The van der Waals surface area contributed by atoms with Crippen LogP contribution in [0.25, 0.3) is 10.9 Å². The van der Waals surface area contributed by atoms with Crippen molar-refractivity contribution in [3.63, 3.8) is 0 Å². The maximum absolute atomic E-state index is 12.8. The zero-order valence-corrected chi connectivity index (χ0v) is 16.7. The number of aromatic amines is 1. The molecule has 7 nitrogen and oxygen atoms in total. The summed E-state index contributed by atoms with van der Waals surface area (Å²) in [6.07, 6.45) is 3.55. The molecule has 1 aliphatic heterocycles. The second-order valence-electron chi connectivity index (χ2n) is 7.31. The van der Waals surface area contributed by atoms with Gasteiger partial charge in [0, 0.05) is 47.7 Å². The van der Waals surface area contributed by atoms with Crippen LogP contribution >= 0.6 is 0 Å². The van der Waals surface area contributed by atoms with Crippen molar-refractivity contribution in [2.45, 2.75) is 25.3 Å². The number of fused-ring (bicyclic) bond motifs is 1. The monoisotopic (exact) mass is 405 g/mol. The van der Waals surface area contributed by atoms with Gasteiger partial charge in [0.2, 0.25) is 5.91 Å². The smallest absolute Gasteiger partial charge is 0.328 e. The number of benzene rings is 2. The number of hydrogen-bond donors (Lipinski definition) is 2. The molecule has 0 spiro atoms. The van der Waals surface area contributed by atoms with Crippen LogP contribution in [0.5, 0.6) is 0 Å². The summed E-state index contributed by atoms with van der Waals surface area (Å²) < 4.78 is 4.90. The summed E-state index contributed by atoms with van der Waals surface area (Å²) in [6.45, 7) is 0.694. The first kappa shape index (κ1) is 19.7. The number of ether oxygens (including phenoxy) is 1. The van der Waals surface area contributed by atoms with Crippen molar-refractivity contribution >= 4 is 34.4 Å². The van der Waals surface area contributed by atoms with Crippen molar-refractivity contribution in [1.82, 2.24) is 10.3 Å². The Hall–Kier alpha value is -3.61. The van der Waals surface area contributed by atoms with Gasteiger partial charge in [0.05, 0.1) is 7.11 Å². The zero-order valence-electron chi connectivity index (χ0n) is 16.7.